The first-order valence-electron chi connectivity index (χ1n) is 17.7. The van der Waals surface area contributed by atoms with E-state index in [1.54, 1.807) is 6.07 Å². The fourth-order valence-electron chi connectivity index (χ4n) is 6.30. The summed E-state index contributed by atoms with van der Waals surface area (Å²) < 4.78 is 37.8. The van der Waals surface area contributed by atoms with Gasteiger partial charge in [-0.1, -0.05) is 69.9 Å². The van der Waals surface area contributed by atoms with Crippen LogP contribution in [0, 0.1) is 0 Å². The number of carboxylic acids is 1. The number of nitrogens with one attached hydrogen (secondary N) is 3. The predicted molar refractivity (Wildman–Crippen MR) is 211 cm³/mol. The van der Waals surface area contributed by atoms with Crippen molar-refractivity contribution in [2.45, 2.75) is 86.2 Å². The molecule has 3 aromatic rings. The number of benzene rings is 3. The lowest BCUT2D eigenvalue weighted by Crippen LogP contribution is -2.53. The summed E-state index contributed by atoms with van der Waals surface area (Å²) in [5, 5.41) is 24.6. The lowest BCUT2D eigenvalue weighted by Gasteiger charge is -2.37. The Morgan fingerprint density at radius 2 is 1.64 bits per heavy atom. The zero-order chi connectivity index (χ0) is 38.6. The maximum absolute atomic E-state index is 14.3. The lowest BCUT2D eigenvalue weighted by molar-refractivity contribution is -0.142. The van der Waals surface area contributed by atoms with Crippen molar-refractivity contribution < 1.29 is 37.8 Å². The molecule has 0 saturated heterocycles. The number of amides is 2. The van der Waals surface area contributed by atoms with Crippen LogP contribution in [0.3, 0.4) is 0 Å². The van der Waals surface area contributed by atoms with E-state index < -0.39 is 52.0 Å². The average molecular weight is 787 g/mol. The number of para-hydroxylation sites is 1. The molecule has 2 amide bonds. The number of anilines is 2. The highest BCUT2D eigenvalue weighted by Gasteiger charge is 2.42. The van der Waals surface area contributed by atoms with Gasteiger partial charge in [-0.3, -0.25) is 9.59 Å². The van der Waals surface area contributed by atoms with Crippen molar-refractivity contribution in [3.05, 3.63) is 72.3 Å². The fourth-order valence-corrected chi connectivity index (χ4v) is 8.98. The van der Waals surface area contributed by atoms with Crippen LogP contribution < -0.4 is 25.0 Å². The van der Waals surface area contributed by atoms with Gasteiger partial charge in [0, 0.05) is 18.3 Å². The van der Waals surface area contributed by atoms with Gasteiger partial charge in [0.05, 0.1) is 16.1 Å². The van der Waals surface area contributed by atoms with Crippen molar-refractivity contribution >= 4 is 62.7 Å². The number of ether oxygens (including phenoxy) is 1. The minimum atomic E-state index is -4.07. The summed E-state index contributed by atoms with van der Waals surface area (Å²) in [5.41, 5.74) is 0.935. The number of aliphatic carboxylic acids is 1. The SMILES string of the molecule is CCCCC1(CCCC)CN(c2ccccc2)c2cc(SC)c(OCC(=O)N[C@@H](C(=O)N[C@@H](CCSC)C(=O)O)c3ccc(O)cc3)cc2S(=O)(=O)N1. The Kier molecular flexibility index (Phi) is 15.3. The van der Waals surface area contributed by atoms with E-state index in [4.69, 9.17) is 4.74 Å². The van der Waals surface area contributed by atoms with Gasteiger partial charge in [-0.05, 0) is 73.4 Å². The number of aromatic hydroxyl groups is 1. The quantitative estimate of drug-likeness (QED) is 0.0873. The average Bonchev–Trinajstić information content (AvgIpc) is 3.24. The van der Waals surface area contributed by atoms with E-state index in [9.17, 15) is 33.0 Å². The summed E-state index contributed by atoms with van der Waals surface area (Å²) in [6.07, 6.45) is 8.70. The first-order valence-corrected chi connectivity index (χ1v) is 21.8. The molecular weight excluding hydrogens is 737 g/mol. The van der Waals surface area contributed by atoms with Crippen LogP contribution in [0.15, 0.2) is 76.5 Å². The first kappa shape index (κ1) is 41.8. The Balaban J connectivity index is 1.67. The molecule has 2 atom stereocenters. The van der Waals surface area contributed by atoms with Crippen molar-refractivity contribution in [3.63, 3.8) is 0 Å². The molecule has 0 fully saturated rings. The molecular formula is C38H50N4O8S3. The number of nitrogens with zero attached hydrogens (tertiary/aromatic N) is 1. The molecule has 4 rings (SSSR count). The number of carboxylic acid groups (broad SMARTS) is 1. The van der Waals surface area contributed by atoms with E-state index in [1.807, 2.05) is 42.8 Å². The highest BCUT2D eigenvalue weighted by Crippen LogP contribution is 2.44. The van der Waals surface area contributed by atoms with E-state index in [1.165, 1.54) is 53.9 Å². The van der Waals surface area contributed by atoms with E-state index in [2.05, 4.69) is 34.1 Å². The zero-order valence-electron chi connectivity index (χ0n) is 30.6. The number of hydrogen-bond acceptors (Lipinski definition) is 10. The topological polar surface area (TPSA) is 174 Å². The van der Waals surface area contributed by atoms with Gasteiger partial charge in [0.1, 0.15) is 28.5 Å². The Morgan fingerprint density at radius 1 is 0.981 bits per heavy atom. The van der Waals surface area contributed by atoms with Crippen LogP contribution in [0.25, 0.3) is 0 Å². The molecule has 15 heteroatoms. The molecule has 5 N–H and O–H groups in total. The van der Waals surface area contributed by atoms with Crippen LogP contribution in [-0.2, 0) is 24.4 Å². The number of phenolic OH excluding ortho intramolecular Hbond substituents is 1. The van der Waals surface area contributed by atoms with Crippen molar-refractivity contribution in [2.75, 3.05) is 36.3 Å². The van der Waals surface area contributed by atoms with E-state index in [0.717, 1.165) is 31.4 Å². The maximum atomic E-state index is 14.3. The number of carbonyl (C=O) groups is 3. The third kappa shape index (κ3) is 11.1. The second-order valence-corrected chi connectivity index (χ2v) is 16.5. The fraction of sp³-hybridized carbons (Fsp3) is 0.447. The lowest BCUT2D eigenvalue weighted by atomic mass is 9.87. The number of unbranched alkanes of at least 4 members (excludes halogenated alkanes) is 2. The molecule has 0 saturated carbocycles. The highest BCUT2D eigenvalue weighted by atomic mass is 32.2. The Morgan fingerprint density at radius 3 is 2.23 bits per heavy atom. The molecule has 0 unspecified atom stereocenters. The molecule has 1 aliphatic rings. The second kappa shape index (κ2) is 19.4. The monoisotopic (exact) mass is 786 g/mol. The summed E-state index contributed by atoms with van der Waals surface area (Å²) in [4.78, 5) is 41.4. The summed E-state index contributed by atoms with van der Waals surface area (Å²) in [6, 6.07) is 16.0. The molecule has 0 aliphatic carbocycles. The van der Waals surface area contributed by atoms with Crippen LogP contribution in [0.1, 0.15) is 70.4 Å². The van der Waals surface area contributed by atoms with Gasteiger partial charge in [-0.2, -0.15) is 11.8 Å². The molecule has 0 aromatic heterocycles. The van der Waals surface area contributed by atoms with Crippen LogP contribution in [0.2, 0.25) is 0 Å². The number of fused-ring (bicyclic) bond motifs is 1. The normalized spacial score (nSPS) is 15.7. The van der Waals surface area contributed by atoms with E-state index in [-0.39, 0.29) is 22.8 Å². The van der Waals surface area contributed by atoms with Gasteiger partial charge in [-0.15, -0.1) is 11.8 Å². The zero-order valence-corrected chi connectivity index (χ0v) is 33.0. The molecule has 3 aromatic carbocycles. The standard InChI is InChI=1S/C38H50N4O8S3/c1-5-7-19-38(20-8-6-2)25-42(27-12-10-9-11-13-27)30-22-32(52-4)31(23-33(30)53(48,49)41-38)50-24-34(44)40-35(26-14-16-28(43)17-15-26)36(45)39-29(37(46)47)18-21-51-3/h9-17,22-23,29,35,41,43H,5-8,18-21,24-25H2,1-4H3,(H,39,45)(H,40,44)(H,46,47)/t29-,35+/m0/s1. The van der Waals surface area contributed by atoms with Crippen LogP contribution >= 0.6 is 23.5 Å². The number of carbonyl (C=O) groups excluding carboxylic acids is 2. The predicted octanol–water partition coefficient (Wildman–Crippen LogP) is 6.22. The van der Waals surface area contributed by atoms with Crippen LogP contribution in [0.4, 0.5) is 11.4 Å². The summed E-state index contributed by atoms with van der Waals surface area (Å²) in [5.74, 6) is -2.05. The van der Waals surface area contributed by atoms with Crippen molar-refractivity contribution in [2.24, 2.45) is 0 Å². The van der Waals surface area contributed by atoms with E-state index >= 15 is 0 Å². The minimum absolute atomic E-state index is 0.0238. The van der Waals surface area contributed by atoms with Gasteiger partial charge in [0.2, 0.25) is 15.9 Å². The van der Waals surface area contributed by atoms with Crippen molar-refractivity contribution in [1.29, 1.82) is 0 Å². The third-order valence-corrected chi connectivity index (χ3v) is 12.1. The Bertz CT molecular complexity index is 1800. The molecule has 288 valence electrons. The first-order chi connectivity index (χ1) is 25.4. The molecule has 0 bridgehead atoms. The summed E-state index contributed by atoms with van der Waals surface area (Å²) >= 11 is 2.78. The number of sulfonamides is 1. The molecule has 0 radical (unpaired) electrons. The number of rotatable bonds is 19. The number of hydrogen-bond donors (Lipinski definition) is 5. The molecule has 0 spiro atoms. The third-order valence-electron chi connectivity index (χ3n) is 9.10. The molecule has 12 nitrogen and oxygen atoms in total. The van der Waals surface area contributed by atoms with Crippen LogP contribution in [0.5, 0.6) is 11.5 Å². The van der Waals surface area contributed by atoms with Gasteiger partial charge < -0.3 is 30.5 Å². The minimum Gasteiger partial charge on any atom is -0.508 e. The number of phenols is 1. The Labute approximate surface area is 320 Å². The van der Waals surface area contributed by atoms with Gasteiger partial charge in [0.15, 0.2) is 6.61 Å². The Hall–Kier alpha value is -3.92. The number of thioether (sulfide) groups is 2. The van der Waals surface area contributed by atoms with E-state index in [0.29, 0.717) is 41.3 Å². The summed E-state index contributed by atoms with van der Waals surface area (Å²) in [7, 11) is -4.07. The van der Waals surface area contributed by atoms with Gasteiger partial charge in [-0.25, -0.2) is 17.9 Å². The van der Waals surface area contributed by atoms with Crippen molar-refractivity contribution in [3.8, 4) is 11.5 Å². The highest BCUT2D eigenvalue weighted by molar-refractivity contribution is 7.98. The largest absolute Gasteiger partial charge is 0.508 e. The van der Waals surface area contributed by atoms with Gasteiger partial charge in [0.25, 0.3) is 5.91 Å². The molecule has 1 heterocycles. The van der Waals surface area contributed by atoms with Crippen molar-refractivity contribution in [1.82, 2.24) is 15.4 Å². The van der Waals surface area contributed by atoms with Crippen LogP contribution in [-0.4, -0.2) is 79.4 Å². The smallest absolute Gasteiger partial charge is 0.326 e. The molecule has 1 aliphatic heterocycles. The summed E-state index contributed by atoms with van der Waals surface area (Å²) in [6.45, 7) is 4.04. The van der Waals surface area contributed by atoms with Gasteiger partial charge >= 0.3 is 5.97 Å². The maximum Gasteiger partial charge on any atom is 0.326 e. The second-order valence-electron chi connectivity index (χ2n) is 13.0. The molecule has 53 heavy (non-hydrogen) atoms.